The molecule has 120 valence electrons. The third kappa shape index (κ3) is 2.01. The quantitative estimate of drug-likeness (QED) is 0.886. The van der Waals surface area contributed by atoms with Crippen LogP contribution in [0.15, 0.2) is 6.20 Å². The van der Waals surface area contributed by atoms with Gasteiger partial charge in [-0.15, -0.1) is 0 Å². The fraction of sp³-hybridized carbons (Fsp3) is 0.733. The van der Waals surface area contributed by atoms with E-state index in [1.807, 2.05) is 9.58 Å². The Kier molecular flexibility index (Phi) is 3.25. The minimum absolute atomic E-state index is 0.200. The number of nitrogens with zero attached hydrogens (tertiary/aromatic N) is 3. The van der Waals surface area contributed by atoms with Gasteiger partial charge in [0.2, 0.25) is 5.91 Å². The normalized spacial score (nSPS) is 33.8. The van der Waals surface area contributed by atoms with Gasteiger partial charge in [-0.2, -0.15) is 5.10 Å². The van der Waals surface area contributed by atoms with Gasteiger partial charge in [0.25, 0.3) is 0 Å². The Morgan fingerprint density at radius 2 is 2.32 bits per heavy atom. The van der Waals surface area contributed by atoms with Crippen LogP contribution >= 0.6 is 11.6 Å². The maximum absolute atomic E-state index is 13.2. The van der Waals surface area contributed by atoms with Crippen molar-refractivity contribution >= 4 is 17.5 Å². The molecule has 1 saturated heterocycles. The van der Waals surface area contributed by atoms with E-state index in [1.165, 1.54) is 0 Å². The van der Waals surface area contributed by atoms with Crippen LogP contribution in [0.25, 0.3) is 0 Å². The molecule has 1 saturated carbocycles. The van der Waals surface area contributed by atoms with Gasteiger partial charge in [0.1, 0.15) is 0 Å². The molecule has 1 aliphatic carbocycles. The number of rotatable bonds is 2. The first kappa shape index (κ1) is 14.5. The van der Waals surface area contributed by atoms with E-state index in [2.05, 4.69) is 5.10 Å². The van der Waals surface area contributed by atoms with Gasteiger partial charge in [0, 0.05) is 13.1 Å². The monoisotopic (exact) mass is 324 g/mol. The third-order valence-electron chi connectivity index (χ3n) is 5.54. The molecule has 1 aromatic heterocycles. The predicted octanol–water partition coefficient (Wildman–Crippen LogP) is 1.17. The van der Waals surface area contributed by atoms with Crippen LogP contribution in [-0.4, -0.2) is 45.9 Å². The zero-order chi connectivity index (χ0) is 15.4. The van der Waals surface area contributed by atoms with Crippen molar-refractivity contribution < 1.29 is 9.53 Å². The average molecular weight is 325 g/mol. The molecule has 0 aromatic carbocycles. The number of halogens is 1. The molecular weight excluding hydrogens is 304 g/mol. The summed E-state index contributed by atoms with van der Waals surface area (Å²) in [6.07, 6.45) is 5.30. The number of hydrogen-bond acceptors (Lipinski definition) is 4. The summed E-state index contributed by atoms with van der Waals surface area (Å²) in [4.78, 5) is 15.1. The number of amides is 1. The van der Waals surface area contributed by atoms with Crippen molar-refractivity contribution in [2.75, 3.05) is 19.7 Å². The molecule has 0 spiro atoms. The zero-order valence-electron chi connectivity index (χ0n) is 12.6. The van der Waals surface area contributed by atoms with Crippen molar-refractivity contribution in [3.05, 3.63) is 16.9 Å². The lowest BCUT2D eigenvalue weighted by molar-refractivity contribution is -0.144. The molecule has 2 fully saturated rings. The Balaban J connectivity index is 1.57. The Morgan fingerprint density at radius 1 is 1.45 bits per heavy atom. The second-order valence-electron chi connectivity index (χ2n) is 6.88. The van der Waals surface area contributed by atoms with Gasteiger partial charge >= 0.3 is 0 Å². The zero-order valence-corrected chi connectivity index (χ0v) is 13.3. The largest absolute Gasteiger partial charge is 0.373 e. The topological polar surface area (TPSA) is 73.4 Å². The lowest BCUT2D eigenvalue weighted by atomic mass is 9.69. The molecular formula is C15H21ClN4O2. The van der Waals surface area contributed by atoms with Crippen LogP contribution in [0.5, 0.6) is 0 Å². The van der Waals surface area contributed by atoms with E-state index < -0.39 is 0 Å². The summed E-state index contributed by atoms with van der Waals surface area (Å²) in [5, 5.41) is 4.87. The Labute approximate surface area is 134 Å². The fourth-order valence-corrected chi connectivity index (χ4v) is 4.48. The molecule has 3 heterocycles. The SMILES string of the molecule is NCC12CCCC(C(=O)N3CCn4ncc(Cl)c4C3)(CO1)C2. The molecule has 0 radical (unpaired) electrons. The van der Waals surface area contributed by atoms with Crippen molar-refractivity contribution in [2.24, 2.45) is 11.1 Å². The summed E-state index contributed by atoms with van der Waals surface area (Å²) < 4.78 is 7.88. The molecule has 7 heteroatoms. The van der Waals surface area contributed by atoms with Gasteiger partial charge in [-0.3, -0.25) is 9.48 Å². The predicted molar refractivity (Wildman–Crippen MR) is 81.3 cm³/mol. The number of hydrogen-bond donors (Lipinski definition) is 1. The first-order valence-corrected chi connectivity index (χ1v) is 8.29. The van der Waals surface area contributed by atoms with E-state index in [0.717, 1.165) is 31.4 Å². The second kappa shape index (κ2) is 4.94. The summed E-state index contributed by atoms with van der Waals surface area (Å²) >= 11 is 6.17. The van der Waals surface area contributed by atoms with E-state index in [9.17, 15) is 4.79 Å². The fourth-order valence-electron chi connectivity index (χ4n) is 4.28. The maximum atomic E-state index is 13.2. The molecule has 4 rings (SSSR count). The molecule has 1 amide bonds. The lowest BCUT2D eigenvalue weighted by Gasteiger charge is -2.39. The van der Waals surface area contributed by atoms with Crippen LogP contribution < -0.4 is 5.73 Å². The molecule has 2 unspecified atom stereocenters. The number of fused-ring (bicyclic) bond motifs is 3. The Bertz CT molecular complexity index is 619. The van der Waals surface area contributed by atoms with E-state index in [1.54, 1.807) is 6.20 Å². The Hall–Kier alpha value is -1.11. The highest BCUT2D eigenvalue weighted by Gasteiger charge is 2.56. The number of ether oxygens (including phenoxy) is 1. The second-order valence-corrected chi connectivity index (χ2v) is 7.28. The van der Waals surface area contributed by atoms with Crippen LogP contribution in [0.4, 0.5) is 0 Å². The van der Waals surface area contributed by atoms with Gasteiger partial charge < -0.3 is 15.4 Å². The van der Waals surface area contributed by atoms with Gasteiger partial charge in [-0.05, 0) is 25.7 Å². The first-order chi connectivity index (χ1) is 10.6. The summed E-state index contributed by atoms with van der Waals surface area (Å²) in [6.45, 7) is 2.93. The highest BCUT2D eigenvalue weighted by molar-refractivity contribution is 6.31. The van der Waals surface area contributed by atoms with Gasteiger partial charge in [-0.25, -0.2) is 0 Å². The first-order valence-electron chi connectivity index (χ1n) is 7.91. The van der Waals surface area contributed by atoms with Crippen molar-refractivity contribution in [3.63, 3.8) is 0 Å². The van der Waals surface area contributed by atoms with Gasteiger partial charge in [0.15, 0.2) is 0 Å². The van der Waals surface area contributed by atoms with Crippen molar-refractivity contribution in [3.8, 4) is 0 Å². The van der Waals surface area contributed by atoms with Crippen molar-refractivity contribution in [2.45, 2.75) is 44.4 Å². The summed E-state index contributed by atoms with van der Waals surface area (Å²) in [5.74, 6) is 0.200. The van der Waals surface area contributed by atoms with Gasteiger partial charge in [0.05, 0.1) is 47.6 Å². The summed E-state index contributed by atoms with van der Waals surface area (Å²) in [5.41, 5.74) is 6.17. The van der Waals surface area contributed by atoms with Crippen LogP contribution in [0.3, 0.4) is 0 Å². The lowest BCUT2D eigenvalue weighted by Crippen LogP contribution is -2.50. The van der Waals surface area contributed by atoms with E-state index in [4.69, 9.17) is 22.1 Å². The molecule has 1 aromatic rings. The average Bonchev–Trinajstić information content (AvgIpc) is 3.05. The van der Waals surface area contributed by atoms with Crippen LogP contribution in [0, 0.1) is 5.41 Å². The summed E-state index contributed by atoms with van der Waals surface area (Å²) in [7, 11) is 0. The molecule has 2 atom stereocenters. The summed E-state index contributed by atoms with van der Waals surface area (Å²) in [6, 6.07) is 0. The molecule has 2 bridgehead atoms. The van der Waals surface area contributed by atoms with Crippen molar-refractivity contribution in [1.82, 2.24) is 14.7 Å². The van der Waals surface area contributed by atoms with Crippen molar-refractivity contribution in [1.29, 1.82) is 0 Å². The molecule has 3 aliphatic rings. The minimum atomic E-state index is -0.383. The van der Waals surface area contributed by atoms with E-state index in [0.29, 0.717) is 37.8 Å². The molecule has 2 aliphatic heterocycles. The highest BCUT2D eigenvalue weighted by Crippen LogP contribution is 2.50. The van der Waals surface area contributed by atoms with Crippen LogP contribution in [0.1, 0.15) is 31.4 Å². The highest BCUT2D eigenvalue weighted by atomic mass is 35.5. The van der Waals surface area contributed by atoms with Crippen LogP contribution in [-0.2, 0) is 22.6 Å². The molecule has 22 heavy (non-hydrogen) atoms. The molecule has 6 nitrogen and oxygen atoms in total. The van der Waals surface area contributed by atoms with E-state index in [-0.39, 0.29) is 16.9 Å². The standard InChI is InChI=1S/C15H21ClN4O2/c16-11-6-18-20-5-4-19(7-12(11)20)13(21)14-2-1-3-15(8-14,9-17)22-10-14/h6H,1-5,7-10,17H2. The van der Waals surface area contributed by atoms with Crippen LogP contribution in [0.2, 0.25) is 5.02 Å². The minimum Gasteiger partial charge on any atom is -0.373 e. The smallest absolute Gasteiger partial charge is 0.231 e. The third-order valence-corrected chi connectivity index (χ3v) is 5.85. The number of carbonyl (C=O) groups is 1. The number of nitrogens with two attached hydrogens (primary N) is 1. The van der Waals surface area contributed by atoms with E-state index >= 15 is 0 Å². The molecule has 2 N–H and O–H groups in total. The maximum Gasteiger partial charge on any atom is 0.231 e. The number of carbonyl (C=O) groups excluding carboxylic acids is 1. The Morgan fingerprint density at radius 3 is 3.14 bits per heavy atom. The number of aromatic nitrogens is 2. The van der Waals surface area contributed by atoms with Gasteiger partial charge in [-0.1, -0.05) is 11.6 Å².